The molecule has 1 aliphatic heterocycles. The maximum atomic E-state index is 12.2. The number of nitrogens with zero attached hydrogens (tertiary/aromatic N) is 1. The van der Waals surface area contributed by atoms with Gasteiger partial charge >= 0.3 is 12.1 Å². The second-order valence-electron chi connectivity index (χ2n) is 5.51. The Bertz CT molecular complexity index is 439. The summed E-state index contributed by atoms with van der Waals surface area (Å²) in [5.74, 6) is -0.535. The Morgan fingerprint density at radius 2 is 1.89 bits per heavy atom. The van der Waals surface area contributed by atoms with Crippen molar-refractivity contribution in [2.75, 3.05) is 0 Å². The third-order valence-electron chi connectivity index (χ3n) is 2.84. The lowest BCUT2D eigenvalue weighted by molar-refractivity contribution is -0.130. The van der Waals surface area contributed by atoms with E-state index in [0.29, 0.717) is 17.7 Å². The summed E-state index contributed by atoms with van der Waals surface area (Å²) in [5, 5.41) is 2.57. The molecule has 18 heavy (non-hydrogen) atoms. The number of urea groups is 1. The van der Waals surface area contributed by atoms with Gasteiger partial charge in [0.25, 0.3) is 5.91 Å². The Morgan fingerprint density at radius 3 is 2.39 bits per heavy atom. The molecule has 0 saturated carbocycles. The number of nitrogens with one attached hydrogen (secondary N) is 1. The summed E-state index contributed by atoms with van der Waals surface area (Å²) >= 11 is 0. The summed E-state index contributed by atoms with van der Waals surface area (Å²) in [7, 11) is 0. The Hall–Kier alpha value is -1.85. The molecule has 98 valence electrons. The molecule has 6 heteroatoms. The smallest absolute Gasteiger partial charge is 0.425 e. The molecule has 1 aliphatic carbocycles. The molecular formula is C12H16N2O4. The monoisotopic (exact) mass is 252 g/mol. The normalized spacial score (nSPS) is 21.6. The average Bonchev–Trinajstić information content (AvgIpc) is 2.72. The van der Waals surface area contributed by atoms with E-state index >= 15 is 0 Å². The number of hydrogen-bond donors (Lipinski definition) is 1. The van der Waals surface area contributed by atoms with Crippen LogP contribution in [-0.2, 0) is 9.53 Å². The fraction of sp³-hybridized carbons (Fsp3) is 0.583. The highest BCUT2D eigenvalue weighted by Gasteiger charge is 2.54. The lowest BCUT2D eigenvalue weighted by atomic mass is 9.97. The standard InChI is InChI=1S/C12H16N2O4/c1-11(2,3)18-10(17)14-8(15)12(13-9(14)16)6-4-5-7-12/h4-5H,6-7H2,1-3H3,(H,13,16). The van der Waals surface area contributed by atoms with Crippen LogP contribution in [0.1, 0.15) is 33.6 Å². The molecule has 1 heterocycles. The zero-order chi connectivity index (χ0) is 13.6. The van der Waals surface area contributed by atoms with Crippen molar-refractivity contribution in [1.29, 1.82) is 0 Å². The molecule has 1 fully saturated rings. The summed E-state index contributed by atoms with van der Waals surface area (Å²) in [6.07, 6.45) is 3.54. The van der Waals surface area contributed by atoms with E-state index < -0.39 is 29.2 Å². The molecule has 0 bridgehead atoms. The minimum atomic E-state index is -0.978. The first-order valence-electron chi connectivity index (χ1n) is 5.80. The van der Waals surface area contributed by atoms with Crippen LogP contribution in [0, 0.1) is 0 Å². The van der Waals surface area contributed by atoms with Gasteiger partial charge in [-0.15, -0.1) is 0 Å². The van der Waals surface area contributed by atoms with Gasteiger partial charge in [0.05, 0.1) is 0 Å². The Labute approximate surface area is 105 Å². The second kappa shape index (κ2) is 3.83. The van der Waals surface area contributed by atoms with Gasteiger partial charge in [-0.25, -0.2) is 9.59 Å². The van der Waals surface area contributed by atoms with Crippen molar-refractivity contribution in [3.05, 3.63) is 12.2 Å². The molecule has 2 aliphatic rings. The molecule has 4 amide bonds. The van der Waals surface area contributed by atoms with Crippen LogP contribution in [0.15, 0.2) is 12.2 Å². The molecule has 0 atom stereocenters. The quantitative estimate of drug-likeness (QED) is 0.524. The number of amides is 4. The van der Waals surface area contributed by atoms with Crippen molar-refractivity contribution in [3.63, 3.8) is 0 Å². The fourth-order valence-electron chi connectivity index (χ4n) is 2.02. The number of carbonyl (C=O) groups excluding carboxylic acids is 3. The maximum Gasteiger partial charge on any atom is 0.425 e. The Balaban J connectivity index is 2.17. The molecule has 1 saturated heterocycles. The van der Waals surface area contributed by atoms with Crippen molar-refractivity contribution >= 4 is 18.0 Å². The van der Waals surface area contributed by atoms with Crippen LogP contribution < -0.4 is 5.32 Å². The highest BCUT2D eigenvalue weighted by Crippen LogP contribution is 2.31. The summed E-state index contributed by atoms with van der Waals surface area (Å²) in [6, 6.07) is -0.710. The van der Waals surface area contributed by atoms with Crippen LogP contribution in [0.2, 0.25) is 0 Å². The van der Waals surface area contributed by atoms with E-state index in [9.17, 15) is 14.4 Å². The molecule has 2 rings (SSSR count). The van der Waals surface area contributed by atoms with E-state index in [-0.39, 0.29) is 0 Å². The number of hydrogen-bond acceptors (Lipinski definition) is 4. The summed E-state index contributed by atoms with van der Waals surface area (Å²) < 4.78 is 5.05. The molecule has 1 spiro atoms. The SMILES string of the molecule is CC(C)(C)OC(=O)N1C(=O)NC2(CC=CC2)C1=O. The van der Waals surface area contributed by atoms with E-state index in [0.717, 1.165) is 0 Å². The third kappa shape index (κ3) is 1.98. The summed E-state index contributed by atoms with van der Waals surface area (Å²) in [4.78, 5) is 36.3. The largest absolute Gasteiger partial charge is 0.443 e. The van der Waals surface area contributed by atoms with Gasteiger partial charge in [-0.3, -0.25) is 4.79 Å². The van der Waals surface area contributed by atoms with Crippen molar-refractivity contribution in [2.45, 2.75) is 44.8 Å². The van der Waals surface area contributed by atoms with Crippen LogP contribution in [0.3, 0.4) is 0 Å². The first-order chi connectivity index (χ1) is 8.25. The average molecular weight is 252 g/mol. The number of ether oxygens (including phenoxy) is 1. The second-order valence-corrected chi connectivity index (χ2v) is 5.51. The highest BCUT2D eigenvalue weighted by atomic mass is 16.6. The van der Waals surface area contributed by atoms with Crippen LogP contribution in [0.25, 0.3) is 0 Å². The van der Waals surface area contributed by atoms with Gasteiger partial charge in [-0.05, 0) is 33.6 Å². The molecule has 0 aromatic heterocycles. The van der Waals surface area contributed by atoms with Crippen LogP contribution in [-0.4, -0.2) is 34.1 Å². The topological polar surface area (TPSA) is 75.7 Å². The predicted molar refractivity (Wildman–Crippen MR) is 62.7 cm³/mol. The number of rotatable bonds is 0. The van der Waals surface area contributed by atoms with Crippen molar-refractivity contribution in [2.24, 2.45) is 0 Å². The third-order valence-corrected chi connectivity index (χ3v) is 2.84. The van der Waals surface area contributed by atoms with Crippen LogP contribution >= 0.6 is 0 Å². The molecule has 1 N–H and O–H groups in total. The van der Waals surface area contributed by atoms with Gasteiger partial charge in [0, 0.05) is 0 Å². The van der Waals surface area contributed by atoms with Gasteiger partial charge in [0.15, 0.2) is 0 Å². The Morgan fingerprint density at radius 1 is 1.33 bits per heavy atom. The lowest BCUT2D eigenvalue weighted by Crippen LogP contribution is -2.45. The van der Waals surface area contributed by atoms with Crippen molar-refractivity contribution in [1.82, 2.24) is 10.2 Å². The zero-order valence-electron chi connectivity index (χ0n) is 10.6. The van der Waals surface area contributed by atoms with E-state index in [4.69, 9.17) is 4.74 Å². The highest BCUT2D eigenvalue weighted by molar-refractivity contribution is 6.17. The molecule has 0 aromatic rings. The van der Waals surface area contributed by atoms with Crippen molar-refractivity contribution < 1.29 is 19.1 Å². The van der Waals surface area contributed by atoms with E-state index in [1.807, 2.05) is 12.2 Å². The molecule has 0 aromatic carbocycles. The van der Waals surface area contributed by atoms with Crippen LogP contribution in [0.4, 0.5) is 9.59 Å². The molecule has 0 unspecified atom stereocenters. The molecule has 6 nitrogen and oxygen atoms in total. The first kappa shape index (κ1) is 12.6. The number of imide groups is 3. The van der Waals surface area contributed by atoms with Gasteiger partial charge in [-0.2, -0.15) is 4.90 Å². The van der Waals surface area contributed by atoms with E-state index in [1.165, 1.54) is 0 Å². The first-order valence-corrected chi connectivity index (χ1v) is 5.80. The van der Waals surface area contributed by atoms with E-state index in [2.05, 4.69) is 5.32 Å². The fourth-order valence-corrected chi connectivity index (χ4v) is 2.02. The predicted octanol–water partition coefficient (Wildman–Crippen LogP) is 1.56. The zero-order valence-corrected chi connectivity index (χ0v) is 10.6. The van der Waals surface area contributed by atoms with Gasteiger partial charge in [0.2, 0.25) is 0 Å². The number of carbonyl (C=O) groups is 3. The minimum Gasteiger partial charge on any atom is -0.443 e. The molecule has 0 radical (unpaired) electrons. The van der Waals surface area contributed by atoms with Gasteiger partial charge in [-0.1, -0.05) is 12.2 Å². The lowest BCUT2D eigenvalue weighted by Gasteiger charge is -2.23. The van der Waals surface area contributed by atoms with Crippen molar-refractivity contribution in [3.8, 4) is 0 Å². The van der Waals surface area contributed by atoms with E-state index in [1.54, 1.807) is 20.8 Å². The van der Waals surface area contributed by atoms with Crippen LogP contribution in [0.5, 0.6) is 0 Å². The minimum absolute atomic E-state index is 0.414. The van der Waals surface area contributed by atoms with Gasteiger partial charge in [0.1, 0.15) is 11.1 Å². The summed E-state index contributed by atoms with van der Waals surface area (Å²) in [6.45, 7) is 5.03. The Kier molecular flexibility index (Phi) is 2.68. The molecular weight excluding hydrogens is 236 g/mol. The maximum absolute atomic E-state index is 12.2. The van der Waals surface area contributed by atoms with Gasteiger partial charge < -0.3 is 10.1 Å². The summed E-state index contributed by atoms with van der Waals surface area (Å²) in [5.41, 5.74) is -1.73.